The summed E-state index contributed by atoms with van der Waals surface area (Å²) < 4.78 is 6.22. The quantitative estimate of drug-likeness (QED) is 0.557. The molecule has 3 rings (SSSR count). The van der Waals surface area contributed by atoms with Crippen LogP contribution >= 0.6 is 0 Å². The highest BCUT2D eigenvalue weighted by molar-refractivity contribution is 5.67. The van der Waals surface area contributed by atoms with E-state index < -0.39 is 5.97 Å². The summed E-state index contributed by atoms with van der Waals surface area (Å²) in [6.45, 7) is 3.27. The molecule has 0 spiro atoms. The lowest BCUT2D eigenvalue weighted by Gasteiger charge is -2.28. The summed E-state index contributed by atoms with van der Waals surface area (Å²) in [5.41, 5.74) is 2.66. The first-order valence-electron chi connectivity index (χ1n) is 11.1. The molecule has 1 aliphatic carbocycles. The van der Waals surface area contributed by atoms with Gasteiger partial charge in [0.25, 0.3) is 0 Å². The molecule has 0 bridgehead atoms. The van der Waals surface area contributed by atoms with Gasteiger partial charge in [0.2, 0.25) is 0 Å². The molecule has 1 aromatic rings. The van der Waals surface area contributed by atoms with E-state index in [4.69, 9.17) is 9.84 Å². The van der Waals surface area contributed by atoms with Crippen molar-refractivity contribution in [2.24, 2.45) is 5.92 Å². The van der Waals surface area contributed by atoms with Crippen LogP contribution in [0.15, 0.2) is 30.3 Å². The fraction of sp³-hybridized carbons (Fsp3) is 0.625. The van der Waals surface area contributed by atoms with Gasteiger partial charge in [0.05, 0.1) is 6.10 Å². The molecule has 4 heteroatoms. The number of rotatable bonds is 9. The summed E-state index contributed by atoms with van der Waals surface area (Å²) in [5.74, 6) is 1.18. The largest absolute Gasteiger partial charge is 0.490 e. The maximum Gasteiger partial charge on any atom is 0.303 e. The second-order valence-corrected chi connectivity index (χ2v) is 8.34. The number of carboxylic acid groups (broad SMARTS) is 1. The highest BCUT2D eigenvalue weighted by Gasteiger charge is 2.21. The predicted molar refractivity (Wildman–Crippen MR) is 114 cm³/mol. The molecule has 28 heavy (non-hydrogen) atoms. The van der Waals surface area contributed by atoms with E-state index >= 15 is 0 Å². The fourth-order valence-electron chi connectivity index (χ4n) is 4.44. The minimum absolute atomic E-state index is 0.269. The topological polar surface area (TPSA) is 58.6 Å². The number of carbonyl (C=O) groups is 1. The van der Waals surface area contributed by atoms with Crippen LogP contribution in [0.4, 0.5) is 0 Å². The number of aliphatic carboxylic acids is 1. The summed E-state index contributed by atoms with van der Waals surface area (Å²) in [5, 5.41) is 12.3. The smallest absolute Gasteiger partial charge is 0.303 e. The Labute approximate surface area is 169 Å². The van der Waals surface area contributed by atoms with Gasteiger partial charge >= 0.3 is 5.97 Å². The predicted octanol–water partition coefficient (Wildman–Crippen LogP) is 5.42. The van der Waals surface area contributed by atoms with Gasteiger partial charge in [-0.15, -0.1) is 0 Å². The van der Waals surface area contributed by atoms with Crippen LogP contribution in [-0.4, -0.2) is 29.8 Å². The Morgan fingerprint density at radius 3 is 2.57 bits per heavy atom. The van der Waals surface area contributed by atoms with Gasteiger partial charge in [-0.3, -0.25) is 4.79 Å². The second-order valence-electron chi connectivity index (χ2n) is 8.34. The molecule has 0 saturated heterocycles. The average molecular weight is 386 g/mol. The van der Waals surface area contributed by atoms with Gasteiger partial charge in [-0.25, -0.2) is 0 Å². The van der Waals surface area contributed by atoms with E-state index in [2.05, 4.69) is 42.6 Å². The van der Waals surface area contributed by atoms with E-state index in [-0.39, 0.29) is 6.42 Å². The van der Waals surface area contributed by atoms with Crippen molar-refractivity contribution in [1.29, 1.82) is 0 Å². The monoisotopic (exact) mass is 385 g/mol. The third-order valence-electron chi connectivity index (χ3n) is 6.26. The lowest BCUT2D eigenvalue weighted by atomic mass is 9.86. The van der Waals surface area contributed by atoms with Crippen molar-refractivity contribution < 1.29 is 14.6 Å². The van der Waals surface area contributed by atoms with Crippen LogP contribution in [0.3, 0.4) is 0 Å². The molecule has 1 saturated carbocycles. The molecule has 1 aromatic carbocycles. The number of hydrogen-bond acceptors (Lipinski definition) is 3. The average Bonchev–Trinajstić information content (AvgIpc) is 2.72. The van der Waals surface area contributed by atoms with E-state index in [1.807, 2.05) is 0 Å². The molecule has 2 N–H and O–H groups in total. The molecule has 1 aliphatic heterocycles. The summed E-state index contributed by atoms with van der Waals surface area (Å²) in [6, 6.07) is 8.96. The van der Waals surface area contributed by atoms with E-state index in [9.17, 15) is 4.79 Å². The summed E-state index contributed by atoms with van der Waals surface area (Å²) in [6.07, 6.45) is 13.0. The maximum absolute atomic E-state index is 10.6. The Morgan fingerprint density at radius 1 is 1.14 bits per heavy atom. The van der Waals surface area contributed by atoms with Crippen LogP contribution in [-0.2, 0) is 4.79 Å². The molecule has 154 valence electrons. The number of hydrogen-bond donors (Lipinski definition) is 2. The van der Waals surface area contributed by atoms with Crippen LogP contribution in [0.25, 0.3) is 5.57 Å². The number of nitrogens with one attached hydrogen (secondary N) is 1. The van der Waals surface area contributed by atoms with Crippen LogP contribution in [0.5, 0.6) is 5.75 Å². The zero-order valence-electron chi connectivity index (χ0n) is 17.2. The summed E-state index contributed by atoms with van der Waals surface area (Å²) in [7, 11) is 0. The number of benzene rings is 1. The lowest BCUT2D eigenvalue weighted by Crippen LogP contribution is -2.32. The molecule has 1 atom stereocenters. The minimum Gasteiger partial charge on any atom is -0.490 e. The van der Waals surface area contributed by atoms with Gasteiger partial charge in [0, 0.05) is 12.5 Å². The first-order chi connectivity index (χ1) is 13.6. The Balaban J connectivity index is 1.50. The Kier molecular flexibility index (Phi) is 7.96. The standard InChI is InChI=1S/C24H35NO3/c1-2-18-7-11-22(12-8-18)28-23-13-9-19(10-14-23)20-15-16-25-21(17-20)5-3-4-6-24(26)27/h9-10,13-14,17-18,21-22,25H,2-8,11-12,15-16H2,1H3,(H,26,27)/t18-,21?,22+. The van der Waals surface area contributed by atoms with Gasteiger partial charge in [-0.1, -0.05) is 38.0 Å². The molecular formula is C24H35NO3. The van der Waals surface area contributed by atoms with Crippen molar-refractivity contribution in [3.8, 4) is 5.75 Å². The van der Waals surface area contributed by atoms with Crippen molar-refractivity contribution in [1.82, 2.24) is 5.32 Å². The van der Waals surface area contributed by atoms with Crippen LogP contribution in [0.2, 0.25) is 0 Å². The molecule has 0 radical (unpaired) electrons. The zero-order valence-corrected chi connectivity index (χ0v) is 17.2. The fourth-order valence-corrected chi connectivity index (χ4v) is 4.44. The van der Waals surface area contributed by atoms with E-state index in [1.165, 1.54) is 43.2 Å². The molecule has 1 heterocycles. The molecule has 1 unspecified atom stereocenters. The molecule has 2 aliphatic rings. The van der Waals surface area contributed by atoms with Gasteiger partial charge in [-0.2, -0.15) is 0 Å². The maximum atomic E-state index is 10.6. The van der Waals surface area contributed by atoms with Crippen LogP contribution in [0, 0.1) is 5.92 Å². The zero-order chi connectivity index (χ0) is 19.8. The van der Waals surface area contributed by atoms with E-state index in [0.29, 0.717) is 12.1 Å². The summed E-state index contributed by atoms with van der Waals surface area (Å²) in [4.78, 5) is 10.6. The third kappa shape index (κ3) is 6.37. The Bertz CT molecular complexity index is 644. The highest BCUT2D eigenvalue weighted by atomic mass is 16.5. The molecule has 0 amide bonds. The first-order valence-corrected chi connectivity index (χ1v) is 11.1. The Morgan fingerprint density at radius 2 is 1.89 bits per heavy atom. The van der Waals surface area contributed by atoms with Gasteiger partial charge in [0.15, 0.2) is 0 Å². The van der Waals surface area contributed by atoms with Crippen LogP contribution in [0.1, 0.15) is 76.7 Å². The lowest BCUT2D eigenvalue weighted by molar-refractivity contribution is -0.137. The highest BCUT2D eigenvalue weighted by Crippen LogP contribution is 2.30. The van der Waals surface area contributed by atoms with E-state index in [0.717, 1.165) is 43.9 Å². The number of ether oxygens (including phenoxy) is 1. The Hall–Kier alpha value is -1.81. The summed E-state index contributed by atoms with van der Waals surface area (Å²) >= 11 is 0. The van der Waals surface area contributed by atoms with Gasteiger partial charge in [-0.05, 0) is 80.7 Å². The second kappa shape index (κ2) is 10.7. The van der Waals surface area contributed by atoms with Gasteiger partial charge in [0.1, 0.15) is 5.75 Å². The third-order valence-corrected chi connectivity index (χ3v) is 6.26. The molecular weight excluding hydrogens is 350 g/mol. The molecule has 0 aromatic heterocycles. The number of carboxylic acids is 1. The van der Waals surface area contributed by atoms with Crippen molar-refractivity contribution in [2.45, 2.75) is 83.3 Å². The van der Waals surface area contributed by atoms with Gasteiger partial charge < -0.3 is 15.2 Å². The molecule has 1 fully saturated rings. The number of unbranched alkanes of at least 4 members (excludes halogenated alkanes) is 1. The molecule has 4 nitrogen and oxygen atoms in total. The van der Waals surface area contributed by atoms with E-state index in [1.54, 1.807) is 0 Å². The van der Waals surface area contributed by atoms with Crippen molar-refractivity contribution in [3.63, 3.8) is 0 Å². The van der Waals surface area contributed by atoms with Crippen molar-refractivity contribution in [3.05, 3.63) is 35.9 Å². The SMILES string of the molecule is CC[C@H]1CC[C@@H](Oc2ccc(C3=CC(CCCCC(=O)O)NCC3)cc2)CC1. The van der Waals surface area contributed by atoms with Crippen molar-refractivity contribution >= 4 is 11.5 Å². The van der Waals surface area contributed by atoms with Crippen molar-refractivity contribution in [2.75, 3.05) is 6.54 Å². The minimum atomic E-state index is -0.700. The normalized spacial score (nSPS) is 25.2. The van der Waals surface area contributed by atoms with Crippen LogP contribution < -0.4 is 10.1 Å². The first kappa shape index (κ1) is 20.9.